The van der Waals surface area contributed by atoms with E-state index >= 15 is 0 Å². The number of alkyl halides is 3. The quantitative estimate of drug-likeness (QED) is 0.766. The molecule has 3 aromatic rings. The lowest BCUT2D eigenvalue weighted by molar-refractivity contribution is -0.137. The van der Waals surface area contributed by atoms with Gasteiger partial charge in [0.25, 0.3) is 10.0 Å². The molecule has 0 bridgehead atoms. The molecule has 4 nitrogen and oxygen atoms in total. The molecule has 0 saturated heterocycles. The van der Waals surface area contributed by atoms with Crippen molar-refractivity contribution in [2.24, 2.45) is 0 Å². The molecule has 0 saturated carbocycles. The highest BCUT2D eigenvalue weighted by Gasteiger charge is 2.30. The van der Waals surface area contributed by atoms with Gasteiger partial charge in [-0.1, -0.05) is 0 Å². The van der Waals surface area contributed by atoms with Gasteiger partial charge in [0, 0.05) is 0 Å². The van der Waals surface area contributed by atoms with Crippen molar-refractivity contribution in [3.8, 4) is 0 Å². The first-order valence-electron chi connectivity index (χ1n) is 6.29. The molecule has 23 heavy (non-hydrogen) atoms. The Morgan fingerprint density at radius 3 is 2.39 bits per heavy atom. The predicted molar refractivity (Wildman–Crippen MR) is 81.9 cm³/mol. The van der Waals surface area contributed by atoms with Gasteiger partial charge in [-0.05, 0) is 42.5 Å². The van der Waals surface area contributed by atoms with E-state index in [4.69, 9.17) is 0 Å². The first-order chi connectivity index (χ1) is 10.8. The topological polar surface area (TPSA) is 59.1 Å². The molecule has 3 rings (SSSR count). The predicted octanol–water partition coefficient (Wildman–Crippen LogP) is 4.12. The standard InChI is InChI=1S/C14H9F3N2O2S2/c15-14(16,17)9-1-4-11(5-2-9)23(20,21)19-10-3-6-12-13(7-10)22-8-18-12/h1-8,19H. The highest BCUT2D eigenvalue weighted by Crippen LogP contribution is 2.30. The van der Waals surface area contributed by atoms with Crippen LogP contribution in [-0.2, 0) is 16.2 Å². The van der Waals surface area contributed by atoms with Gasteiger partial charge in [0.2, 0.25) is 0 Å². The minimum atomic E-state index is -4.51. The van der Waals surface area contributed by atoms with E-state index in [-0.39, 0.29) is 4.90 Å². The van der Waals surface area contributed by atoms with Crippen molar-refractivity contribution in [1.82, 2.24) is 4.98 Å². The third kappa shape index (κ3) is 3.30. The van der Waals surface area contributed by atoms with Gasteiger partial charge in [-0.2, -0.15) is 13.2 Å². The molecule has 1 heterocycles. The highest BCUT2D eigenvalue weighted by atomic mass is 32.2. The largest absolute Gasteiger partial charge is 0.416 e. The van der Waals surface area contributed by atoms with Crippen LogP contribution in [0.25, 0.3) is 10.2 Å². The molecule has 9 heteroatoms. The summed E-state index contributed by atoms with van der Waals surface area (Å²) in [6.45, 7) is 0. The minimum Gasteiger partial charge on any atom is -0.280 e. The molecule has 0 amide bonds. The van der Waals surface area contributed by atoms with Crippen LogP contribution in [-0.4, -0.2) is 13.4 Å². The summed E-state index contributed by atoms with van der Waals surface area (Å²) in [5.41, 5.74) is 1.80. The van der Waals surface area contributed by atoms with Crippen LogP contribution in [0.5, 0.6) is 0 Å². The second kappa shape index (κ2) is 5.50. The summed E-state index contributed by atoms with van der Waals surface area (Å²) in [6, 6.07) is 8.16. The molecule has 0 aliphatic heterocycles. The lowest BCUT2D eigenvalue weighted by atomic mass is 10.2. The highest BCUT2D eigenvalue weighted by molar-refractivity contribution is 7.92. The zero-order valence-corrected chi connectivity index (χ0v) is 13.0. The summed E-state index contributed by atoms with van der Waals surface area (Å²) in [4.78, 5) is 3.84. The fourth-order valence-corrected chi connectivity index (χ4v) is 3.72. The van der Waals surface area contributed by atoms with Gasteiger partial charge in [-0.25, -0.2) is 13.4 Å². The van der Waals surface area contributed by atoms with Gasteiger partial charge in [0.1, 0.15) is 0 Å². The second-order valence-electron chi connectivity index (χ2n) is 4.66. The van der Waals surface area contributed by atoms with Gasteiger partial charge in [-0.15, -0.1) is 11.3 Å². The Bertz CT molecular complexity index is 948. The van der Waals surface area contributed by atoms with E-state index in [1.54, 1.807) is 23.7 Å². The number of hydrogen-bond acceptors (Lipinski definition) is 4. The summed E-state index contributed by atoms with van der Waals surface area (Å²) in [5.74, 6) is 0. The van der Waals surface area contributed by atoms with Crippen molar-refractivity contribution in [2.45, 2.75) is 11.1 Å². The number of aromatic nitrogens is 1. The zero-order valence-electron chi connectivity index (χ0n) is 11.3. The Morgan fingerprint density at radius 2 is 1.74 bits per heavy atom. The lowest BCUT2D eigenvalue weighted by Crippen LogP contribution is -2.13. The SMILES string of the molecule is O=S(=O)(Nc1ccc2ncsc2c1)c1ccc(C(F)(F)F)cc1. The van der Waals surface area contributed by atoms with Crippen molar-refractivity contribution < 1.29 is 21.6 Å². The van der Waals surface area contributed by atoms with E-state index in [9.17, 15) is 21.6 Å². The number of anilines is 1. The maximum atomic E-state index is 12.5. The van der Waals surface area contributed by atoms with Gasteiger partial charge < -0.3 is 0 Å². The summed E-state index contributed by atoms with van der Waals surface area (Å²) < 4.78 is 65.1. The Hall–Kier alpha value is -2.13. The Labute approximate surface area is 133 Å². The number of fused-ring (bicyclic) bond motifs is 1. The summed E-state index contributed by atoms with van der Waals surface area (Å²) in [5, 5.41) is 0. The maximum Gasteiger partial charge on any atom is 0.416 e. The Balaban J connectivity index is 1.88. The molecule has 0 atom stereocenters. The van der Waals surface area contributed by atoms with Crippen LogP contribution < -0.4 is 4.72 Å². The third-order valence-corrected chi connectivity index (χ3v) is 5.26. The van der Waals surface area contributed by atoms with Crippen molar-refractivity contribution in [3.63, 3.8) is 0 Å². The Morgan fingerprint density at radius 1 is 1.04 bits per heavy atom. The van der Waals surface area contributed by atoms with Crippen LogP contribution >= 0.6 is 11.3 Å². The van der Waals surface area contributed by atoms with Crippen molar-refractivity contribution >= 4 is 37.3 Å². The first kappa shape index (κ1) is 15.8. The van der Waals surface area contributed by atoms with E-state index in [2.05, 4.69) is 9.71 Å². The normalized spacial score (nSPS) is 12.5. The lowest BCUT2D eigenvalue weighted by Gasteiger charge is -2.10. The molecule has 120 valence electrons. The number of nitrogens with one attached hydrogen (secondary N) is 1. The number of halogens is 3. The molecule has 0 radical (unpaired) electrons. The number of sulfonamides is 1. The van der Waals surface area contributed by atoms with E-state index in [1.807, 2.05) is 0 Å². The second-order valence-corrected chi connectivity index (χ2v) is 7.23. The van der Waals surface area contributed by atoms with Crippen LogP contribution in [0.3, 0.4) is 0 Å². The fourth-order valence-electron chi connectivity index (χ4n) is 1.96. The van der Waals surface area contributed by atoms with Crippen LogP contribution in [0.1, 0.15) is 5.56 Å². The van der Waals surface area contributed by atoms with Gasteiger partial charge in [0.15, 0.2) is 0 Å². The average Bonchev–Trinajstić information content (AvgIpc) is 2.93. The van der Waals surface area contributed by atoms with Crippen molar-refractivity contribution in [3.05, 3.63) is 53.5 Å². The van der Waals surface area contributed by atoms with E-state index in [0.717, 1.165) is 34.5 Å². The third-order valence-electron chi connectivity index (χ3n) is 3.08. The maximum absolute atomic E-state index is 12.5. The van der Waals surface area contributed by atoms with Crippen LogP contribution in [0.2, 0.25) is 0 Å². The minimum absolute atomic E-state index is 0.241. The van der Waals surface area contributed by atoms with E-state index < -0.39 is 21.8 Å². The van der Waals surface area contributed by atoms with Crippen molar-refractivity contribution in [1.29, 1.82) is 0 Å². The van der Waals surface area contributed by atoms with E-state index in [1.165, 1.54) is 11.3 Å². The summed E-state index contributed by atoms with van der Waals surface area (Å²) >= 11 is 1.36. The van der Waals surface area contributed by atoms with E-state index in [0.29, 0.717) is 5.69 Å². The number of thiazole rings is 1. The Kier molecular flexibility index (Phi) is 3.77. The molecular weight excluding hydrogens is 349 g/mol. The smallest absolute Gasteiger partial charge is 0.280 e. The van der Waals surface area contributed by atoms with Gasteiger partial charge in [0.05, 0.1) is 31.9 Å². The molecule has 0 aliphatic carbocycles. The van der Waals surface area contributed by atoms with Gasteiger partial charge >= 0.3 is 6.18 Å². The molecule has 0 aliphatic rings. The first-order valence-corrected chi connectivity index (χ1v) is 8.65. The van der Waals surface area contributed by atoms with Crippen LogP contribution in [0.15, 0.2) is 52.9 Å². The van der Waals surface area contributed by atoms with Gasteiger partial charge in [-0.3, -0.25) is 4.72 Å². The number of hydrogen-bond donors (Lipinski definition) is 1. The summed E-state index contributed by atoms with van der Waals surface area (Å²) in [7, 11) is -3.96. The average molecular weight is 358 g/mol. The molecule has 0 spiro atoms. The number of benzene rings is 2. The molecular formula is C14H9F3N2O2S2. The molecule has 2 aromatic carbocycles. The molecule has 0 unspecified atom stereocenters. The molecule has 1 aromatic heterocycles. The summed E-state index contributed by atoms with van der Waals surface area (Å²) in [6.07, 6.45) is -4.51. The zero-order chi connectivity index (χ0) is 16.7. The molecule has 1 N–H and O–H groups in total. The van der Waals surface area contributed by atoms with Crippen LogP contribution in [0, 0.1) is 0 Å². The number of rotatable bonds is 3. The van der Waals surface area contributed by atoms with Crippen molar-refractivity contribution in [2.75, 3.05) is 4.72 Å². The fraction of sp³-hybridized carbons (Fsp3) is 0.0714. The monoisotopic (exact) mass is 358 g/mol. The van der Waals surface area contributed by atoms with Crippen LogP contribution in [0.4, 0.5) is 18.9 Å². The molecule has 0 fully saturated rings. The number of nitrogens with zero attached hydrogens (tertiary/aromatic N) is 1.